The van der Waals surface area contributed by atoms with Crippen molar-refractivity contribution in [3.05, 3.63) is 0 Å². The van der Waals surface area contributed by atoms with Gasteiger partial charge in [-0.1, -0.05) is 27.7 Å². The first-order chi connectivity index (χ1) is 15.5. The molecule has 4 N–H and O–H groups in total. The van der Waals surface area contributed by atoms with E-state index in [0.29, 0.717) is 0 Å². The van der Waals surface area contributed by atoms with Gasteiger partial charge in [0.15, 0.2) is 0 Å². The molecule has 0 aromatic rings. The topological polar surface area (TPSA) is 162 Å². The summed E-state index contributed by atoms with van der Waals surface area (Å²) < 4.78 is 5.36. The molecule has 34 heavy (non-hydrogen) atoms. The number of carboxylic acid groups (broad SMARTS) is 2. The van der Waals surface area contributed by atoms with Gasteiger partial charge in [-0.05, 0) is 45.4 Å². The molecule has 4 atom stereocenters. The predicted octanol–water partition coefficient (Wildman–Crippen LogP) is 1.70. The lowest BCUT2D eigenvalue weighted by molar-refractivity contribution is -0.145. The van der Waals surface area contributed by atoms with Crippen LogP contribution >= 0.6 is 0 Å². The maximum absolute atomic E-state index is 13.1. The molecule has 11 nitrogen and oxygen atoms in total. The average Bonchev–Trinajstić information content (AvgIpc) is 3.10. The highest BCUT2D eigenvalue weighted by Crippen LogP contribution is 2.27. The average molecular weight is 486 g/mol. The zero-order valence-corrected chi connectivity index (χ0v) is 21.1. The molecular formula is C23H39N3O8. The van der Waals surface area contributed by atoms with E-state index < -0.39 is 59.4 Å². The summed E-state index contributed by atoms with van der Waals surface area (Å²) >= 11 is 0. The van der Waals surface area contributed by atoms with Gasteiger partial charge in [0.25, 0.3) is 0 Å². The number of ether oxygens (including phenoxy) is 1. The van der Waals surface area contributed by atoms with Gasteiger partial charge in [0.05, 0.1) is 11.8 Å². The molecule has 0 unspecified atom stereocenters. The molecule has 1 aliphatic heterocycles. The van der Waals surface area contributed by atoms with Crippen molar-refractivity contribution in [1.29, 1.82) is 0 Å². The molecule has 3 amide bonds. The number of nitrogens with one attached hydrogen (secondary N) is 2. The summed E-state index contributed by atoms with van der Waals surface area (Å²) in [5, 5.41) is 23.9. The van der Waals surface area contributed by atoms with Crippen LogP contribution in [0.3, 0.4) is 0 Å². The van der Waals surface area contributed by atoms with Gasteiger partial charge in [-0.2, -0.15) is 0 Å². The minimum Gasteiger partial charge on any atom is -0.480 e. The lowest BCUT2D eigenvalue weighted by atomic mass is 9.92. The second-order valence-electron chi connectivity index (χ2n) is 10.7. The Bertz CT molecular complexity index is 725. The molecule has 0 aromatic heterocycles. The summed E-state index contributed by atoms with van der Waals surface area (Å²) in [4.78, 5) is 63.2. The number of hydrogen-bond acceptors (Lipinski definition) is 6. The fourth-order valence-electron chi connectivity index (χ4n) is 3.75. The van der Waals surface area contributed by atoms with E-state index in [4.69, 9.17) is 4.74 Å². The van der Waals surface area contributed by atoms with Crippen LogP contribution in [0.5, 0.6) is 0 Å². The Hall–Kier alpha value is -2.85. The van der Waals surface area contributed by atoms with E-state index in [1.807, 2.05) is 27.7 Å². The van der Waals surface area contributed by atoms with Crippen molar-refractivity contribution in [2.24, 2.45) is 23.7 Å². The molecule has 0 radical (unpaired) electrons. The van der Waals surface area contributed by atoms with E-state index in [9.17, 15) is 34.2 Å². The zero-order chi connectivity index (χ0) is 26.4. The van der Waals surface area contributed by atoms with Crippen LogP contribution in [0, 0.1) is 23.7 Å². The number of amides is 3. The Morgan fingerprint density at radius 3 is 1.44 bits per heavy atom. The first-order valence-electron chi connectivity index (χ1n) is 11.6. The van der Waals surface area contributed by atoms with Gasteiger partial charge in [-0.15, -0.1) is 0 Å². The van der Waals surface area contributed by atoms with E-state index in [1.54, 1.807) is 20.8 Å². The van der Waals surface area contributed by atoms with Gasteiger partial charge >= 0.3 is 18.0 Å². The number of hydrogen-bond donors (Lipinski definition) is 4. The molecule has 1 rings (SSSR count). The van der Waals surface area contributed by atoms with Crippen LogP contribution in [0.4, 0.5) is 4.79 Å². The molecule has 1 saturated heterocycles. The van der Waals surface area contributed by atoms with Crippen LogP contribution in [-0.4, -0.2) is 75.7 Å². The number of nitrogens with zero attached hydrogens (tertiary/aromatic N) is 1. The molecule has 0 aromatic carbocycles. The first-order valence-corrected chi connectivity index (χ1v) is 11.6. The Kier molecular flexibility index (Phi) is 10.3. The third kappa shape index (κ3) is 9.18. The molecule has 0 spiro atoms. The first kappa shape index (κ1) is 29.2. The molecule has 194 valence electrons. The summed E-state index contributed by atoms with van der Waals surface area (Å²) in [5.41, 5.74) is -0.799. The maximum atomic E-state index is 13.1. The van der Waals surface area contributed by atoms with Crippen molar-refractivity contribution in [3.8, 4) is 0 Å². The van der Waals surface area contributed by atoms with Crippen LogP contribution in [0.15, 0.2) is 0 Å². The monoisotopic (exact) mass is 485 g/mol. The minimum absolute atomic E-state index is 0.00491. The lowest BCUT2D eigenvalue weighted by Gasteiger charge is -2.24. The van der Waals surface area contributed by atoms with Gasteiger partial charge in [-0.25, -0.2) is 14.4 Å². The Morgan fingerprint density at radius 2 is 1.18 bits per heavy atom. The molecule has 11 heteroatoms. The third-order valence-corrected chi connectivity index (χ3v) is 5.29. The summed E-state index contributed by atoms with van der Waals surface area (Å²) in [7, 11) is 0. The van der Waals surface area contributed by atoms with E-state index in [0.717, 1.165) is 0 Å². The highest BCUT2D eigenvalue weighted by atomic mass is 16.6. The SMILES string of the molecule is CC(C)C[C@H](NC(=O)[C@@H]1CN(C(=O)OC(C)(C)C)C[C@H]1C(=O)N[C@@H](CC(C)C)C(=O)O)C(=O)O. The molecule has 0 aliphatic carbocycles. The Balaban J connectivity index is 3.14. The molecule has 1 aliphatic rings. The van der Waals surface area contributed by atoms with Gasteiger partial charge in [-0.3, -0.25) is 9.59 Å². The van der Waals surface area contributed by atoms with Crippen LogP contribution in [0.1, 0.15) is 61.3 Å². The predicted molar refractivity (Wildman–Crippen MR) is 123 cm³/mol. The quantitative estimate of drug-likeness (QED) is 0.363. The normalized spacial score (nSPS) is 20.1. The summed E-state index contributed by atoms with van der Waals surface area (Å²) in [6.07, 6.45) is -0.333. The largest absolute Gasteiger partial charge is 0.480 e. The van der Waals surface area contributed by atoms with Crippen molar-refractivity contribution in [1.82, 2.24) is 15.5 Å². The van der Waals surface area contributed by atoms with E-state index in [1.165, 1.54) is 4.90 Å². The van der Waals surface area contributed by atoms with Crippen LogP contribution in [0.25, 0.3) is 0 Å². The summed E-state index contributed by atoms with van der Waals surface area (Å²) in [5.74, 6) is -5.90. The molecule has 0 saturated carbocycles. The van der Waals surface area contributed by atoms with Crippen molar-refractivity contribution in [2.75, 3.05) is 13.1 Å². The fourth-order valence-corrected chi connectivity index (χ4v) is 3.75. The highest BCUT2D eigenvalue weighted by molar-refractivity contribution is 5.93. The highest BCUT2D eigenvalue weighted by Gasteiger charge is 2.46. The number of aliphatic carboxylic acids is 2. The number of carbonyl (C=O) groups excluding carboxylic acids is 3. The number of rotatable bonds is 10. The third-order valence-electron chi connectivity index (χ3n) is 5.29. The van der Waals surface area contributed by atoms with Crippen LogP contribution in [-0.2, 0) is 23.9 Å². The van der Waals surface area contributed by atoms with Gasteiger partial charge in [0, 0.05) is 13.1 Å². The van der Waals surface area contributed by atoms with Crippen LogP contribution < -0.4 is 10.6 Å². The van der Waals surface area contributed by atoms with E-state index in [2.05, 4.69) is 10.6 Å². The molecular weight excluding hydrogens is 446 g/mol. The number of carboxylic acids is 2. The zero-order valence-electron chi connectivity index (χ0n) is 21.1. The van der Waals surface area contributed by atoms with Crippen molar-refractivity contribution >= 4 is 29.8 Å². The fraction of sp³-hybridized carbons (Fsp3) is 0.783. The van der Waals surface area contributed by atoms with E-state index >= 15 is 0 Å². The van der Waals surface area contributed by atoms with Gasteiger partial charge in [0.2, 0.25) is 11.8 Å². The molecule has 1 heterocycles. The summed E-state index contributed by atoms with van der Waals surface area (Å²) in [6, 6.07) is -2.31. The second kappa shape index (κ2) is 12.0. The van der Waals surface area contributed by atoms with E-state index in [-0.39, 0.29) is 37.8 Å². The van der Waals surface area contributed by atoms with Gasteiger partial charge in [0.1, 0.15) is 17.7 Å². The minimum atomic E-state index is -1.20. The Labute approximate surface area is 200 Å². The standard InChI is InChI=1S/C23H39N3O8/c1-12(2)8-16(20(29)30)24-18(27)14-10-26(22(33)34-23(5,6)7)11-15(14)19(28)25-17(21(31)32)9-13(3)4/h12-17H,8-11H2,1-7H3,(H,24,27)(H,25,28)(H,29,30)(H,31,32)/t14-,15-,16+,17+/m1/s1. The Morgan fingerprint density at radius 1 is 0.824 bits per heavy atom. The van der Waals surface area contributed by atoms with Crippen molar-refractivity contribution < 1.29 is 38.9 Å². The van der Waals surface area contributed by atoms with Crippen LogP contribution in [0.2, 0.25) is 0 Å². The lowest BCUT2D eigenvalue weighted by Crippen LogP contribution is -2.50. The molecule has 0 bridgehead atoms. The van der Waals surface area contributed by atoms with Gasteiger partial charge < -0.3 is 30.5 Å². The number of likely N-dealkylation sites (tertiary alicyclic amines) is 1. The van der Waals surface area contributed by atoms with Crippen molar-refractivity contribution in [3.63, 3.8) is 0 Å². The number of carbonyl (C=O) groups is 5. The maximum Gasteiger partial charge on any atom is 0.410 e. The molecule has 1 fully saturated rings. The summed E-state index contributed by atoms with van der Waals surface area (Å²) in [6.45, 7) is 12.0. The van der Waals surface area contributed by atoms with Crippen molar-refractivity contribution in [2.45, 2.75) is 79.0 Å². The second-order valence-corrected chi connectivity index (χ2v) is 10.7. The smallest absolute Gasteiger partial charge is 0.410 e.